The lowest BCUT2D eigenvalue weighted by Gasteiger charge is -2.11. The first-order valence-corrected chi connectivity index (χ1v) is 9.55. The van der Waals surface area contributed by atoms with Crippen molar-refractivity contribution in [2.75, 3.05) is 0 Å². The lowest BCUT2D eigenvalue weighted by atomic mass is 10.1. The number of aromatic nitrogens is 1. The van der Waals surface area contributed by atoms with Gasteiger partial charge in [-0.1, -0.05) is 28.1 Å². The summed E-state index contributed by atoms with van der Waals surface area (Å²) in [5, 5.41) is 0. The lowest BCUT2D eigenvalue weighted by Crippen LogP contribution is -1.96. The van der Waals surface area contributed by atoms with Crippen LogP contribution < -0.4 is 4.74 Å². The van der Waals surface area contributed by atoms with E-state index in [2.05, 4.69) is 20.9 Å². The number of ether oxygens (including phenoxy) is 1. The fourth-order valence-corrected chi connectivity index (χ4v) is 3.27. The monoisotopic (exact) mass is 473 g/mol. The van der Waals surface area contributed by atoms with E-state index in [4.69, 9.17) is 4.74 Å². The van der Waals surface area contributed by atoms with Crippen LogP contribution in [0.15, 0.2) is 77.3 Å². The Bertz CT molecular complexity index is 1250. The van der Waals surface area contributed by atoms with Crippen LogP contribution in [0, 0.1) is 23.3 Å². The summed E-state index contributed by atoms with van der Waals surface area (Å²) in [6.45, 7) is 0. The molecule has 1 heterocycles. The van der Waals surface area contributed by atoms with Gasteiger partial charge in [0.05, 0.1) is 11.4 Å². The van der Waals surface area contributed by atoms with Crippen LogP contribution in [0.1, 0.15) is 0 Å². The molecule has 0 bridgehead atoms. The van der Waals surface area contributed by atoms with Crippen molar-refractivity contribution < 1.29 is 22.3 Å². The Labute approximate surface area is 177 Å². The topological polar surface area (TPSA) is 22.1 Å². The number of pyridine rings is 1. The van der Waals surface area contributed by atoms with E-state index < -0.39 is 23.3 Å². The normalized spacial score (nSPS) is 10.8. The highest BCUT2D eigenvalue weighted by molar-refractivity contribution is 9.10. The molecular weight excluding hydrogens is 462 g/mol. The second-order valence-electron chi connectivity index (χ2n) is 6.35. The van der Waals surface area contributed by atoms with Crippen LogP contribution in [0.25, 0.3) is 22.5 Å². The molecule has 0 atom stereocenters. The fraction of sp³-hybridized carbons (Fsp3) is 0. The average molecular weight is 474 g/mol. The molecule has 0 aliphatic heterocycles. The lowest BCUT2D eigenvalue weighted by molar-refractivity contribution is 0.438. The molecule has 0 aliphatic rings. The van der Waals surface area contributed by atoms with E-state index in [0.29, 0.717) is 11.8 Å². The summed E-state index contributed by atoms with van der Waals surface area (Å²) < 4.78 is 62.4. The van der Waals surface area contributed by atoms with E-state index in [-0.39, 0.29) is 28.3 Å². The molecule has 2 nitrogen and oxygen atoms in total. The number of rotatable bonds is 4. The van der Waals surface area contributed by atoms with E-state index >= 15 is 0 Å². The van der Waals surface area contributed by atoms with Gasteiger partial charge in [-0.15, -0.1) is 0 Å². The molecule has 7 heteroatoms. The van der Waals surface area contributed by atoms with Gasteiger partial charge in [0.2, 0.25) is 0 Å². The van der Waals surface area contributed by atoms with E-state index in [1.54, 1.807) is 30.3 Å². The summed E-state index contributed by atoms with van der Waals surface area (Å²) in [5.74, 6) is -3.07. The Morgan fingerprint density at radius 2 is 1.37 bits per heavy atom. The molecule has 150 valence electrons. The first-order valence-electron chi connectivity index (χ1n) is 8.76. The minimum Gasteiger partial charge on any atom is -0.454 e. The third kappa shape index (κ3) is 4.21. The van der Waals surface area contributed by atoms with Gasteiger partial charge in [-0.3, -0.25) is 0 Å². The number of hydrogen-bond acceptors (Lipinski definition) is 2. The predicted octanol–water partition coefficient (Wildman–Crippen LogP) is 7.53. The van der Waals surface area contributed by atoms with E-state index in [1.807, 2.05) is 0 Å². The molecule has 0 N–H and O–H groups in total. The van der Waals surface area contributed by atoms with Gasteiger partial charge in [0.1, 0.15) is 23.2 Å². The Kier molecular flexibility index (Phi) is 5.55. The standard InChI is InChI=1S/C23H12BrF4NO/c24-13-3-1-4-15(9-13)30-23-11-17(19(27)12-20(23)28)22-6-2-5-21(29-22)16-8-7-14(25)10-18(16)26/h1-12H. The van der Waals surface area contributed by atoms with Gasteiger partial charge in [0.25, 0.3) is 0 Å². The highest BCUT2D eigenvalue weighted by atomic mass is 79.9. The molecule has 0 radical (unpaired) electrons. The quantitative estimate of drug-likeness (QED) is 0.286. The number of benzene rings is 3. The van der Waals surface area contributed by atoms with Gasteiger partial charge in [-0.2, -0.15) is 0 Å². The first-order chi connectivity index (χ1) is 14.4. The van der Waals surface area contributed by atoms with Crippen LogP contribution in [0.4, 0.5) is 17.6 Å². The van der Waals surface area contributed by atoms with Gasteiger partial charge in [-0.05, 0) is 48.5 Å². The summed E-state index contributed by atoms with van der Waals surface area (Å²) in [5.41, 5.74) is 0.369. The maximum absolute atomic E-state index is 14.5. The molecular formula is C23H12BrF4NO. The van der Waals surface area contributed by atoms with Crippen LogP contribution in [0.2, 0.25) is 0 Å². The first kappa shape index (κ1) is 20.1. The highest BCUT2D eigenvalue weighted by Crippen LogP contribution is 2.33. The molecule has 0 amide bonds. The molecule has 4 rings (SSSR count). The van der Waals surface area contributed by atoms with E-state index in [0.717, 1.165) is 16.6 Å². The highest BCUT2D eigenvalue weighted by Gasteiger charge is 2.16. The number of nitrogens with zero attached hydrogens (tertiary/aromatic N) is 1. The van der Waals surface area contributed by atoms with Crippen molar-refractivity contribution in [1.29, 1.82) is 0 Å². The van der Waals surface area contributed by atoms with Crippen LogP contribution in [-0.4, -0.2) is 4.98 Å². The Balaban J connectivity index is 1.75. The third-order valence-corrected chi connectivity index (χ3v) is 4.77. The molecule has 3 aromatic carbocycles. The Morgan fingerprint density at radius 1 is 0.667 bits per heavy atom. The summed E-state index contributed by atoms with van der Waals surface area (Å²) in [6.07, 6.45) is 0. The van der Waals surface area contributed by atoms with Crippen molar-refractivity contribution in [3.8, 4) is 34.0 Å². The molecule has 1 aromatic heterocycles. The maximum Gasteiger partial charge on any atom is 0.168 e. The van der Waals surface area contributed by atoms with Crippen molar-refractivity contribution in [2.24, 2.45) is 0 Å². The van der Waals surface area contributed by atoms with Gasteiger partial charge in [0, 0.05) is 27.7 Å². The molecule has 4 aromatic rings. The van der Waals surface area contributed by atoms with Crippen molar-refractivity contribution in [3.63, 3.8) is 0 Å². The van der Waals surface area contributed by atoms with Crippen LogP contribution >= 0.6 is 15.9 Å². The predicted molar refractivity (Wildman–Crippen MR) is 109 cm³/mol. The summed E-state index contributed by atoms with van der Waals surface area (Å²) in [7, 11) is 0. The van der Waals surface area contributed by atoms with E-state index in [1.165, 1.54) is 24.3 Å². The number of hydrogen-bond donors (Lipinski definition) is 0. The smallest absolute Gasteiger partial charge is 0.168 e. The SMILES string of the molecule is Fc1ccc(-c2cccc(-c3cc(Oc4cccc(Br)c4)c(F)cc3F)n2)c(F)c1. The third-order valence-electron chi connectivity index (χ3n) is 4.28. The van der Waals surface area contributed by atoms with Gasteiger partial charge >= 0.3 is 0 Å². The molecule has 0 fully saturated rings. The molecule has 0 saturated carbocycles. The molecule has 0 saturated heterocycles. The fourth-order valence-electron chi connectivity index (χ4n) is 2.89. The van der Waals surface area contributed by atoms with Crippen LogP contribution in [-0.2, 0) is 0 Å². The average Bonchev–Trinajstić information content (AvgIpc) is 2.70. The summed E-state index contributed by atoms with van der Waals surface area (Å²) in [4.78, 5) is 4.27. The molecule has 0 spiro atoms. The minimum atomic E-state index is -0.878. The van der Waals surface area contributed by atoms with Crippen molar-refractivity contribution in [2.45, 2.75) is 0 Å². The summed E-state index contributed by atoms with van der Waals surface area (Å²) in [6, 6.07) is 16.3. The molecule has 0 aliphatic carbocycles. The second kappa shape index (κ2) is 8.28. The van der Waals surface area contributed by atoms with Crippen LogP contribution in [0.3, 0.4) is 0 Å². The largest absolute Gasteiger partial charge is 0.454 e. The molecule has 0 unspecified atom stereocenters. The Hall–Kier alpha value is -3.19. The maximum atomic E-state index is 14.5. The van der Waals surface area contributed by atoms with Crippen molar-refractivity contribution >= 4 is 15.9 Å². The zero-order valence-electron chi connectivity index (χ0n) is 15.2. The molecule has 30 heavy (non-hydrogen) atoms. The number of halogens is 5. The minimum absolute atomic E-state index is 0.0224. The van der Waals surface area contributed by atoms with Crippen molar-refractivity contribution in [1.82, 2.24) is 4.98 Å². The Morgan fingerprint density at radius 3 is 2.10 bits per heavy atom. The summed E-state index contributed by atoms with van der Waals surface area (Å²) >= 11 is 3.30. The van der Waals surface area contributed by atoms with Crippen molar-refractivity contribution in [3.05, 3.63) is 101 Å². The van der Waals surface area contributed by atoms with Crippen LogP contribution in [0.5, 0.6) is 11.5 Å². The zero-order valence-corrected chi connectivity index (χ0v) is 16.8. The van der Waals surface area contributed by atoms with Gasteiger partial charge < -0.3 is 4.74 Å². The van der Waals surface area contributed by atoms with Gasteiger partial charge in [0.15, 0.2) is 11.6 Å². The second-order valence-corrected chi connectivity index (χ2v) is 7.27. The zero-order chi connectivity index (χ0) is 21.3. The van der Waals surface area contributed by atoms with E-state index in [9.17, 15) is 17.6 Å². The van der Waals surface area contributed by atoms with Gasteiger partial charge in [-0.25, -0.2) is 22.5 Å².